The van der Waals surface area contributed by atoms with E-state index in [1.54, 1.807) is 0 Å². The lowest BCUT2D eigenvalue weighted by atomic mass is 9.99. The molecule has 0 spiro atoms. The highest BCUT2D eigenvalue weighted by Crippen LogP contribution is 2.37. The summed E-state index contributed by atoms with van der Waals surface area (Å²) in [5.74, 6) is 0. The van der Waals surface area contributed by atoms with Crippen LogP contribution in [0.1, 0.15) is 58.3 Å². The van der Waals surface area contributed by atoms with Crippen molar-refractivity contribution in [3.05, 3.63) is 0 Å². The number of phosphoric acid groups is 1. The van der Waals surface area contributed by atoms with Gasteiger partial charge >= 0.3 is 7.82 Å². The van der Waals surface area contributed by atoms with Crippen LogP contribution in [0.5, 0.6) is 0 Å². The average molecular weight is 400 g/mol. The van der Waals surface area contributed by atoms with E-state index < -0.39 is 45.1 Å². The molecule has 0 saturated carbocycles. The first-order chi connectivity index (χ1) is 12.3. The maximum atomic E-state index is 10.8. The van der Waals surface area contributed by atoms with Crippen molar-refractivity contribution in [2.24, 2.45) is 0 Å². The van der Waals surface area contributed by atoms with Gasteiger partial charge in [-0.3, -0.25) is 4.52 Å². The lowest BCUT2D eigenvalue weighted by Crippen LogP contribution is -2.59. The second-order valence-electron chi connectivity index (χ2n) is 6.65. The monoisotopic (exact) mass is 400 g/mol. The molecule has 10 heteroatoms. The standard InChI is InChI=1S/C16H33O9P/c1-2-3-4-5-6-7-8-9-10-23-16-15(19)14(18)13(17)12(25-16)11-24-26(20,21)22/h12-19H,2-11H2,1H3,(H2,20,21,22)/t12-,13-,14+,15+,16?/m1/s1. The highest BCUT2D eigenvalue weighted by atomic mass is 31.2. The van der Waals surface area contributed by atoms with Crippen LogP contribution in [0.15, 0.2) is 0 Å². The highest BCUT2D eigenvalue weighted by molar-refractivity contribution is 7.46. The fourth-order valence-corrected chi connectivity index (χ4v) is 3.14. The van der Waals surface area contributed by atoms with Gasteiger partial charge in [0.1, 0.15) is 24.4 Å². The quantitative estimate of drug-likeness (QED) is 0.226. The van der Waals surface area contributed by atoms with Gasteiger partial charge in [-0.2, -0.15) is 0 Å². The van der Waals surface area contributed by atoms with Crippen LogP contribution in [-0.4, -0.2) is 69.0 Å². The molecule has 1 rings (SSSR count). The molecule has 1 aliphatic rings. The number of rotatable bonds is 13. The van der Waals surface area contributed by atoms with Gasteiger partial charge in [0.15, 0.2) is 6.29 Å². The molecule has 5 N–H and O–H groups in total. The Kier molecular flexibility index (Phi) is 11.4. The predicted octanol–water partition coefficient (Wildman–Crippen LogP) is 1.06. The summed E-state index contributed by atoms with van der Waals surface area (Å²) in [4.78, 5) is 17.4. The predicted molar refractivity (Wildman–Crippen MR) is 93.2 cm³/mol. The van der Waals surface area contributed by atoms with Gasteiger partial charge in [0.05, 0.1) is 6.61 Å². The number of aliphatic hydroxyl groups is 3. The lowest BCUT2D eigenvalue weighted by molar-refractivity contribution is -0.300. The van der Waals surface area contributed by atoms with Crippen molar-refractivity contribution in [2.75, 3.05) is 13.2 Å². The zero-order valence-electron chi connectivity index (χ0n) is 15.3. The minimum atomic E-state index is -4.73. The van der Waals surface area contributed by atoms with Crippen molar-refractivity contribution in [1.82, 2.24) is 0 Å². The first-order valence-corrected chi connectivity index (χ1v) is 10.8. The average Bonchev–Trinajstić information content (AvgIpc) is 2.58. The first-order valence-electron chi connectivity index (χ1n) is 9.27. The molecule has 1 fully saturated rings. The first kappa shape index (κ1) is 23.9. The summed E-state index contributed by atoms with van der Waals surface area (Å²) in [5, 5.41) is 29.6. The number of aliphatic hydroxyl groups excluding tert-OH is 3. The zero-order chi connectivity index (χ0) is 19.6. The Morgan fingerprint density at radius 2 is 1.46 bits per heavy atom. The molecule has 1 aliphatic heterocycles. The molecule has 26 heavy (non-hydrogen) atoms. The summed E-state index contributed by atoms with van der Waals surface area (Å²) in [5.41, 5.74) is 0. The summed E-state index contributed by atoms with van der Waals surface area (Å²) < 4.78 is 25.8. The Morgan fingerprint density at radius 3 is 2.04 bits per heavy atom. The molecular weight excluding hydrogens is 367 g/mol. The largest absolute Gasteiger partial charge is 0.469 e. The van der Waals surface area contributed by atoms with E-state index in [1.807, 2.05) is 0 Å². The Labute approximate surface area is 154 Å². The minimum Gasteiger partial charge on any atom is -0.387 e. The molecule has 0 bridgehead atoms. The molecule has 9 nitrogen and oxygen atoms in total. The number of ether oxygens (including phenoxy) is 2. The molecule has 5 atom stereocenters. The summed E-state index contributed by atoms with van der Waals surface area (Å²) in [7, 11) is -4.73. The van der Waals surface area contributed by atoms with E-state index in [0.717, 1.165) is 19.3 Å². The fourth-order valence-electron chi connectivity index (χ4n) is 2.80. The van der Waals surface area contributed by atoms with Gasteiger partial charge in [-0.05, 0) is 6.42 Å². The number of hydrogen-bond acceptors (Lipinski definition) is 7. The molecule has 0 aromatic heterocycles. The third-order valence-corrected chi connectivity index (χ3v) is 4.84. The topological polar surface area (TPSA) is 146 Å². The molecule has 1 heterocycles. The summed E-state index contributed by atoms with van der Waals surface area (Å²) in [6.45, 7) is 1.86. The fraction of sp³-hybridized carbons (Fsp3) is 1.00. The SMILES string of the molecule is CCCCCCCCCCOC1O[C@H](COP(=O)(O)O)[C@@H](O)[C@H](O)[C@@H]1O. The molecule has 0 amide bonds. The van der Waals surface area contributed by atoms with Gasteiger partial charge in [-0.1, -0.05) is 51.9 Å². The van der Waals surface area contributed by atoms with Crippen LogP contribution in [0.2, 0.25) is 0 Å². The van der Waals surface area contributed by atoms with Crippen molar-refractivity contribution >= 4 is 7.82 Å². The van der Waals surface area contributed by atoms with Crippen molar-refractivity contribution < 1.29 is 43.7 Å². The van der Waals surface area contributed by atoms with Gasteiger partial charge in [-0.15, -0.1) is 0 Å². The van der Waals surface area contributed by atoms with Crippen molar-refractivity contribution in [1.29, 1.82) is 0 Å². The summed E-state index contributed by atoms with van der Waals surface area (Å²) >= 11 is 0. The van der Waals surface area contributed by atoms with Crippen LogP contribution < -0.4 is 0 Å². The zero-order valence-corrected chi connectivity index (χ0v) is 16.2. The lowest BCUT2D eigenvalue weighted by Gasteiger charge is -2.40. The summed E-state index contributed by atoms with van der Waals surface area (Å²) in [6, 6.07) is 0. The smallest absolute Gasteiger partial charge is 0.387 e. The van der Waals surface area contributed by atoms with Crippen molar-refractivity contribution in [3.8, 4) is 0 Å². The van der Waals surface area contributed by atoms with Crippen molar-refractivity contribution in [3.63, 3.8) is 0 Å². The van der Waals surface area contributed by atoms with Crippen LogP contribution >= 0.6 is 7.82 Å². The Morgan fingerprint density at radius 1 is 0.885 bits per heavy atom. The third kappa shape index (κ3) is 9.21. The number of phosphoric ester groups is 1. The minimum absolute atomic E-state index is 0.311. The molecule has 1 unspecified atom stereocenters. The van der Waals surface area contributed by atoms with Gasteiger partial charge in [0.2, 0.25) is 0 Å². The van der Waals surface area contributed by atoms with Crippen LogP contribution in [-0.2, 0) is 18.6 Å². The van der Waals surface area contributed by atoms with E-state index in [2.05, 4.69) is 11.4 Å². The van der Waals surface area contributed by atoms with E-state index >= 15 is 0 Å². The van der Waals surface area contributed by atoms with Gasteiger partial charge < -0.3 is 34.6 Å². The van der Waals surface area contributed by atoms with Crippen LogP contribution in [0.25, 0.3) is 0 Å². The second-order valence-corrected chi connectivity index (χ2v) is 7.89. The Balaban J connectivity index is 2.28. The highest BCUT2D eigenvalue weighted by Gasteiger charge is 2.44. The molecule has 0 aromatic rings. The van der Waals surface area contributed by atoms with Gasteiger partial charge in [0, 0.05) is 6.61 Å². The van der Waals surface area contributed by atoms with E-state index in [4.69, 9.17) is 19.3 Å². The molecule has 0 radical (unpaired) electrons. The van der Waals surface area contributed by atoms with Crippen LogP contribution in [0.3, 0.4) is 0 Å². The van der Waals surface area contributed by atoms with Gasteiger partial charge in [0.25, 0.3) is 0 Å². The molecular formula is C16H33O9P. The molecule has 0 aliphatic carbocycles. The summed E-state index contributed by atoms with van der Waals surface area (Å²) in [6.07, 6.45) is 2.02. The van der Waals surface area contributed by atoms with Crippen LogP contribution in [0, 0.1) is 0 Å². The van der Waals surface area contributed by atoms with E-state index in [-0.39, 0.29) is 0 Å². The number of hydrogen-bond donors (Lipinski definition) is 5. The van der Waals surface area contributed by atoms with E-state index in [1.165, 1.54) is 32.1 Å². The van der Waals surface area contributed by atoms with E-state index in [9.17, 15) is 19.9 Å². The van der Waals surface area contributed by atoms with Crippen molar-refractivity contribution in [2.45, 2.75) is 89.0 Å². The van der Waals surface area contributed by atoms with Gasteiger partial charge in [-0.25, -0.2) is 4.57 Å². The third-order valence-electron chi connectivity index (χ3n) is 4.36. The normalized spacial score (nSPS) is 29.8. The molecule has 1 saturated heterocycles. The Hall–Kier alpha value is -0.0900. The molecule has 0 aromatic carbocycles. The maximum absolute atomic E-state index is 10.8. The number of unbranched alkanes of at least 4 members (excludes halogenated alkanes) is 7. The second kappa shape index (κ2) is 12.4. The maximum Gasteiger partial charge on any atom is 0.469 e. The Bertz CT molecular complexity index is 417. The molecule has 156 valence electrons. The van der Waals surface area contributed by atoms with E-state index in [0.29, 0.717) is 6.61 Å². The van der Waals surface area contributed by atoms with Crippen LogP contribution in [0.4, 0.5) is 0 Å².